The number of non-ortho nitro benzene ring substituents is 1. The summed E-state index contributed by atoms with van der Waals surface area (Å²) in [4.78, 5) is 12.2. The van der Waals surface area contributed by atoms with Gasteiger partial charge in [-0.25, -0.2) is 12.8 Å². The molecule has 0 radical (unpaired) electrons. The Kier molecular flexibility index (Phi) is 6.22. The van der Waals surface area contributed by atoms with Crippen LogP contribution in [0.3, 0.4) is 0 Å². The standard InChI is InChI=1S/C18H20FN3O5S/c19-15-2-1-3-17(14-15)27-13-12-20-8-10-21(11-9-20)28(25,26)18-6-4-16(5-7-18)22(23)24/h1-7,14H,8-13H2. The molecule has 0 unspecified atom stereocenters. The van der Waals surface area contributed by atoms with Gasteiger partial charge < -0.3 is 4.74 Å². The van der Waals surface area contributed by atoms with E-state index < -0.39 is 14.9 Å². The zero-order valence-corrected chi connectivity index (χ0v) is 15.8. The van der Waals surface area contributed by atoms with Crippen LogP contribution in [0, 0.1) is 15.9 Å². The lowest BCUT2D eigenvalue weighted by Gasteiger charge is -2.33. The van der Waals surface area contributed by atoms with Crippen molar-refractivity contribution < 1.29 is 22.5 Å². The maximum absolute atomic E-state index is 13.1. The van der Waals surface area contributed by atoms with Crippen molar-refractivity contribution in [2.75, 3.05) is 39.3 Å². The van der Waals surface area contributed by atoms with Crippen LogP contribution in [0.15, 0.2) is 53.4 Å². The van der Waals surface area contributed by atoms with Crippen molar-refractivity contribution in [3.63, 3.8) is 0 Å². The zero-order chi connectivity index (χ0) is 20.1. The van der Waals surface area contributed by atoms with E-state index in [0.29, 0.717) is 45.1 Å². The van der Waals surface area contributed by atoms with Gasteiger partial charge in [0.15, 0.2) is 0 Å². The monoisotopic (exact) mass is 409 g/mol. The van der Waals surface area contributed by atoms with Gasteiger partial charge in [0, 0.05) is 50.9 Å². The third-order valence-electron chi connectivity index (χ3n) is 4.49. The molecular formula is C18H20FN3O5S. The minimum Gasteiger partial charge on any atom is -0.492 e. The number of nitro groups is 1. The molecule has 1 aliphatic rings. The van der Waals surface area contributed by atoms with Gasteiger partial charge in [-0.3, -0.25) is 15.0 Å². The van der Waals surface area contributed by atoms with E-state index in [4.69, 9.17) is 4.74 Å². The lowest BCUT2D eigenvalue weighted by Crippen LogP contribution is -2.49. The van der Waals surface area contributed by atoms with Gasteiger partial charge in [0.05, 0.1) is 9.82 Å². The maximum Gasteiger partial charge on any atom is 0.269 e. The fraction of sp³-hybridized carbons (Fsp3) is 0.333. The van der Waals surface area contributed by atoms with Gasteiger partial charge in [-0.05, 0) is 24.3 Å². The van der Waals surface area contributed by atoms with E-state index in [9.17, 15) is 22.9 Å². The molecular weight excluding hydrogens is 389 g/mol. The van der Waals surface area contributed by atoms with Crippen LogP contribution in [-0.2, 0) is 10.0 Å². The highest BCUT2D eigenvalue weighted by atomic mass is 32.2. The second-order valence-electron chi connectivity index (χ2n) is 6.30. The summed E-state index contributed by atoms with van der Waals surface area (Å²) in [5.74, 6) is 0.0990. The van der Waals surface area contributed by atoms with Crippen molar-refractivity contribution >= 4 is 15.7 Å². The molecule has 0 aliphatic carbocycles. The van der Waals surface area contributed by atoms with Crippen LogP contribution in [0.4, 0.5) is 10.1 Å². The van der Waals surface area contributed by atoms with E-state index in [0.717, 1.165) is 0 Å². The molecule has 0 saturated carbocycles. The zero-order valence-electron chi connectivity index (χ0n) is 15.0. The van der Waals surface area contributed by atoms with Crippen molar-refractivity contribution in [3.8, 4) is 5.75 Å². The summed E-state index contributed by atoms with van der Waals surface area (Å²) in [6.07, 6.45) is 0. The molecule has 0 N–H and O–H groups in total. The summed E-state index contributed by atoms with van der Waals surface area (Å²) in [7, 11) is -3.69. The van der Waals surface area contributed by atoms with Gasteiger partial charge >= 0.3 is 0 Å². The number of sulfonamides is 1. The van der Waals surface area contributed by atoms with Crippen LogP contribution in [0.25, 0.3) is 0 Å². The van der Waals surface area contributed by atoms with Gasteiger partial charge in [-0.15, -0.1) is 0 Å². The average Bonchev–Trinajstić information content (AvgIpc) is 2.68. The number of piperazine rings is 1. The molecule has 150 valence electrons. The smallest absolute Gasteiger partial charge is 0.269 e. The van der Waals surface area contributed by atoms with Crippen LogP contribution < -0.4 is 4.74 Å². The Bertz CT molecular complexity index is 928. The van der Waals surface area contributed by atoms with Gasteiger partial charge in [-0.2, -0.15) is 4.31 Å². The van der Waals surface area contributed by atoms with Gasteiger partial charge in [0.25, 0.3) is 5.69 Å². The highest BCUT2D eigenvalue weighted by molar-refractivity contribution is 7.89. The van der Waals surface area contributed by atoms with Crippen molar-refractivity contribution in [3.05, 3.63) is 64.5 Å². The molecule has 10 heteroatoms. The van der Waals surface area contributed by atoms with Crippen molar-refractivity contribution in [2.45, 2.75) is 4.90 Å². The fourth-order valence-electron chi connectivity index (χ4n) is 2.93. The number of hydrogen-bond acceptors (Lipinski definition) is 6. The molecule has 0 spiro atoms. The number of nitro benzene ring substituents is 1. The Morgan fingerprint density at radius 3 is 2.36 bits per heavy atom. The first kappa shape index (κ1) is 20.2. The van der Waals surface area contributed by atoms with Crippen molar-refractivity contribution in [1.29, 1.82) is 0 Å². The Hall–Kier alpha value is -2.56. The number of ether oxygens (including phenoxy) is 1. The summed E-state index contributed by atoms with van der Waals surface area (Å²) in [6.45, 7) is 2.69. The third-order valence-corrected chi connectivity index (χ3v) is 6.40. The topological polar surface area (TPSA) is 93.0 Å². The van der Waals surface area contributed by atoms with Crippen molar-refractivity contribution in [2.24, 2.45) is 0 Å². The molecule has 3 rings (SSSR count). The molecule has 0 amide bonds. The largest absolute Gasteiger partial charge is 0.492 e. The number of benzene rings is 2. The average molecular weight is 409 g/mol. The normalized spacial score (nSPS) is 16.0. The molecule has 1 heterocycles. The van der Waals surface area contributed by atoms with Crippen molar-refractivity contribution in [1.82, 2.24) is 9.21 Å². The number of hydrogen-bond donors (Lipinski definition) is 0. The first-order valence-corrected chi connectivity index (χ1v) is 10.2. The summed E-state index contributed by atoms with van der Waals surface area (Å²) >= 11 is 0. The molecule has 0 bridgehead atoms. The molecule has 1 aliphatic heterocycles. The highest BCUT2D eigenvalue weighted by Crippen LogP contribution is 2.21. The van der Waals surface area contributed by atoms with Crippen LogP contribution in [0.2, 0.25) is 0 Å². The molecule has 0 atom stereocenters. The quantitative estimate of drug-likeness (QED) is 0.514. The van der Waals surface area contributed by atoms with Gasteiger partial charge in [0.2, 0.25) is 10.0 Å². The molecule has 8 nitrogen and oxygen atoms in total. The third kappa shape index (κ3) is 4.83. The van der Waals surface area contributed by atoms with Crippen LogP contribution >= 0.6 is 0 Å². The Morgan fingerprint density at radius 1 is 1.07 bits per heavy atom. The number of rotatable bonds is 7. The van der Waals surface area contributed by atoms with Gasteiger partial charge in [0.1, 0.15) is 18.2 Å². The predicted molar refractivity (Wildman–Crippen MR) is 100 cm³/mol. The first-order valence-electron chi connectivity index (χ1n) is 8.71. The minimum atomic E-state index is -3.69. The minimum absolute atomic E-state index is 0.0426. The lowest BCUT2D eigenvalue weighted by atomic mass is 10.3. The summed E-state index contributed by atoms with van der Waals surface area (Å²) in [5.41, 5.74) is -0.151. The molecule has 1 fully saturated rings. The molecule has 1 saturated heterocycles. The fourth-order valence-corrected chi connectivity index (χ4v) is 4.35. The molecule has 28 heavy (non-hydrogen) atoms. The van der Waals surface area contributed by atoms with E-state index in [1.807, 2.05) is 0 Å². The summed E-state index contributed by atoms with van der Waals surface area (Å²) < 4.78 is 45.4. The van der Waals surface area contributed by atoms with E-state index in [2.05, 4.69) is 4.90 Å². The Labute approximate surface area is 162 Å². The van der Waals surface area contributed by atoms with E-state index in [1.54, 1.807) is 12.1 Å². The molecule has 2 aromatic carbocycles. The van der Waals surface area contributed by atoms with Gasteiger partial charge in [-0.1, -0.05) is 6.07 Å². The van der Waals surface area contributed by atoms with E-state index >= 15 is 0 Å². The maximum atomic E-state index is 13.1. The molecule has 2 aromatic rings. The van der Waals surface area contributed by atoms with Crippen LogP contribution in [0.1, 0.15) is 0 Å². The molecule has 0 aromatic heterocycles. The lowest BCUT2D eigenvalue weighted by molar-refractivity contribution is -0.384. The second-order valence-corrected chi connectivity index (χ2v) is 8.24. The predicted octanol–water partition coefficient (Wildman–Crippen LogP) is 2.12. The highest BCUT2D eigenvalue weighted by Gasteiger charge is 2.28. The first-order chi connectivity index (χ1) is 13.4. The summed E-state index contributed by atoms with van der Waals surface area (Å²) in [5, 5.41) is 10.7. The number of nitrogens with zero attached hydrogens (tertiary/aromatic N) is 3. The SMILES string of the molecule is O=[N+]([O-])c1ccc(S(=O)(=O)N2CCN(CCOc3cccc(F)c3)CC2)cc1. The van der Waals surface area contributed by atoms with Crippen LogP contribution in [-0.4, -0.2) is 61.9 Å². The summed E-state index contributed by atoms with van der Waals surface area (Å²) in [6, 6.07) is 10.8. The van der Waals surface area contributed by atoms with E-state index in [1.165, 1.54) is 40.7 Å². The Morgan fingerprint density at radius 2 is 1.75 bits per heavy atom. The second kappa shape index (κ2) is 8.63. The number of halogens is 1. The van der Waals surface area contributed by atoms with E-state index in [-0.39, 0.29) is 16.4 Å². The van der Waals surface area contributed by atoms with Crippen LogP contribution in [0.5, 0.6) is 5.75 Å². The Balaban J connectivity index is 1.50.